The fourth-order valence-corrected chi connectivity index (χ4v) is 4.59. The van der Waals surface area contributed by atoms with E-state index >= 15 is 0 Å². The highest BCUT2D eigenvalue weighted by Crippen LogP contribution is 2.39. The molecule has 1 spiro atoms. The maximum atomic E-state index is 4.27. The van der Waals surface area contributed by atoms with Crippen LogP contribution in [0.5, 0.6) is 0 Å². The number of likely N-dealkylation sites (tertiary alicyclic amines) is 1. The number of aromatic amines is 1. The number of hydrogen-bond acceptors (Lipinski definition) is 4. The molecule has 4 rings (SSSR count). The molecule has 0 radical (unpaired) electrons. The van der Waals surface area contributed by atoms with E-state index in [-0.39, 0.29) is 12.4 Å². The second-order valence-electron chi connectivity index (χ2n) is 6.46. The Bertz CT molecular complexity index is 589. The molecule has 4 nitrogen and oxygen atoms in total. The van der Waals surface area contributed by atoms with Crippen LogP contribution in [0, 0.1) is 5.41 Å². The fourth-order valence-electron chi connectivity index (χ4n) is 3.83. The topological polar surface area (TPSA) is 44.0 Å². The molecule has 2 aliphatic heterocycles. The molecular formula is C16H23ClN4S. The minimum absolute atomic E-state index is 0. The molecule has 22 heavy (non-hydrogen) atoms. The Balaban J connectivity index is 0.00000144. The predicted molar refractivity (Wildman–Crippen MR) is 93.6 cm³/mol. The van der Waals surface area contributed by atoms with E-state index in [4.69, 9.17) is 0 Å². The van der Waals surface area contributed by atoms with Crippen LogP contribution in [0.3, 0.4) is 0 Å². The van der Waals surface area contributed by atoms with Crippen molar-refractivity contribution in [2.75, 3.05) is 26.2 Å². The number of H-pyrrole nitrogens is 1. The van der Waals surface area contributed by atoms with Gasteiger partial charge in [-0.15, -0.1) is 23.7 Å². The highest BCUT2D eigenvalue weighted by atomic mass is 35.5. The fraction of sp³-hybridized carbons (Fsp3) is 0.562. The van der Waals surface area contributed by atoms with Gasteiger partial charge in [0, 0.05) is 18.7 Å². The summed E-state index contributed by atoms with van der Waals surface area (Å²) in [6, 6.07) is 4.27. The van der Waals surface area contributed by atoms with E-state index in [0.29, 0.717) is 5.41 Å². The third-order valence-electron chi connectivity index (χ3n) is 5.06. The zero-order valence-electron chi connectivity index (χ0n) is 12.7. The zero-order valence-corrected chi connectivity index (χ0v) is 14.3. The van der Waals surface area contributed by atoms with E-state index in [1.165, 1.54) is 61.6 Å². The molecule has 6 heteroatoms. The standard InChI is InChI=1S/C16H22N4S.ClH/c1-2-14(21-9-1)15-13(10-18-19-15)11-20-8-5-16(12-20)3-6-17-7-4-16;/h1-2,9-10,17H,3-8,11-12H2,(H,18,19);1H. The number of aromatic nitrogens is 2. The Morgan fingerprint density at radius 2 is 2.14 bits per heavy atom. The van der Waals surface area contributed by atoms with Crippen molar-refractivity contribution in [2.24, 2.45) is 5.41 Å². The number of piperidine rings is 1. The van der Waals surface area contributed by atoms with Gasteiger partial charge in [0.25, 0.3) is 0 Å². The molecule has 0 unspecified atom stereocenters. The Hall–Kier alpha value is -0.880. The van der Waals surface area contributed by atoms with Crippen LogP contribution in [0.4, 0.5) is 0 Å². The third-order valence-corrected chi connectivity index (χ3v) is 5.95. The first kappa shape index (κ1) is 16.0. The van der Waals surface area contributed by atoms with Gasteiger partial charge in [-0.25, -0.2) is 0 Å². The van der Waals surface area contributed by atoms with Gasteiger partial charge in [-0.3, -0.25) is 10.00 Å². The molecule has 2 aromatic rings. The molecule has 120 valence electrons. The Morgan fingerprint density at radius 1 is 1.27 bits per heavy atom. The minimum atomic E-state index is 0. The average Bonchev–Trinajstić information content (AvgIpc) is 3.22. The van der Waals surface area contributed by atoms with Crippen molar-refractivity contribution < 1.29 is 0 Å². The summed E-state index contributed by atoms with van der Waals surface area (Å²) in [5, 5.41) is 13.1. The van der Waals surface area contributed by atoms with Crippen molar-refractivity contribution in [1.29, 1.82) is 0 Å². The number of halogens is 1. The quantitative estimate of drug-likeness (QED) is 0.903. The van der Waals surface area contributed by atoms with Gasteiger partial charge in [-0.1, -0.05) is 6.07 Å². The summed E-state index contributed by atoms with van der Waals surface area (Å²) in [4.78, 5) is 3.91. The largest absolute Gasteiger partial charge is 0.317 e. The molecule has 0 aromatic carbocycles. The minimum Gasteiger partial charge on any atom is -0.317 e. The van der Waals surface area contributed by atoms with Gasteiger partial charge in [0.15, 0.2) is 0 Å². The van der Waals surface area contributed by atoms with Crippen molar-refractivity contribution in [3.8, 4) is 10.6 Å². The number of nitrogens with one attached hydrogen (secondary N) is 2. The number of thiophene rings is 1. The molecule has 2 fully saturated rings. The Labute approximate surface area is 141 Å². The van der Waals surface area contributed by atoms with Crippen LogP contribution < -0.4 is 5.32 Å². The van der Waals surface area contributed by atoms with Crippen molar-refractivity contribution >= 4 is 23.7 Å². The van der Waals surface area contributed by atoms with Crippen molar-refractivity contribution in [2.45, 2.75) is 25.8 Å². The van der Waals surface area contributed by atoms with Gasteiger partial charge in [0.05, 0.1) is 16.8 Å². The smallest absolute Gasteiger partial charge is 0.0794 e. The lowest BCUT2D eigenvalue weighted by Gasteiger charge is -2.33. The molecule has 0 amide bonds. The van der Waals surface area contributed by atoms with Gasteiger partial charge in [0.2, 0.25) is 0 Å². The summed E-state index contributed by atoms with van der Waals surface area (Å²) in [6.45, 7) is 5.90. The number of nitrogens with zero attached hydrogens (tertiary/aromatic N) is 2. The lowest BCUT2D eigenvalue weighted by molar-refractivity contribution is 0.194. The third kappa shape index (κ3) is 3.08. The number of hydrogen-bond donors (Lipinski definition) is 2. The van der Waals surface area contributed by atoms with Crippen LogP contribution in [-0.2, 0) is 6.54 Å². The van der Waals surface area contributed by atoms with Crippen LogP contribution in [0.15, 0.2) is 23.7 Å². The lowest BCUT2D eigenvalue weighted by atomic mass is 9.78. The monoisotopic (exact) mass is 338 g/mol. The van der Waals surface area contributed by atoms with Gasteiger partial charge < -0.3 is 5.32 Å². The summed E-state index contributed by atoms with van der Waals surface area (Å²) >= 11 is 1.78. The molecule has 2 aromatic heterocycles. The van der Waals surface area contributed by atoms with Crippen molar-refractivity contribution in [1.82, 2.24) is 20.4 Å². The van der Waals surface area contributed by atoms with Gasteiger partial charge >= 0.3 is 0 Å². The van der Waals surface area contributed by atoms with Crippen LogP contribution in [0.2, 0.25) is 0 Å². The van der Waals surface area contributed by atoms with E-state index in [1.807, 2.05) is 6.20 Å². The normalized spacial score (nSPS) is 21.1. The SMILES string of the molecule is Cl.c1csc(-c2[nH]ncc2CN2CCC3(CCNCC3)C2)c1. The summed E-state index contributed by atoms with van der Waals surface area (Å²) in [7, 11) is 0. The molecule has 2 N–H and O–H groups in total. The van der Waals surface area contributed by atoms with E-state index in [9.17, 15) is 0 Å². The average molecular weight is 339 g/mol. The zero-order chi connectivity index (χ0) is 14.1. The lowest BCUT2D eigenvalue weighted by Crippen LogP contribution is -2.38. The molecular weight excluding hydrogens is 316 g/mol. The molecule has 0 aliphatic carbocycles. The number of rotatable bonds is 3. The Kier molecular flexibility index (Phi) is 4.88. The van der Waals surface area contributed by atoms with E-state index < -0.39 is 0 Å². The highest BCUT2D eigenvalue weighted by molar-refractivity contribution is 7.13. The molecule has 2 saturated heterocycles. The summed E-state index contributed by atoms with van der Waals surface area (Å²) in [5.74, 6) is 0. The van der Waals surface area contributed by atoms with Gasteiger partial charge in [-0.05, 0) is 55.8 Å². The van der Waals surface area contributed by atoms with Crippen LogP contribution >= 0.6 is 23.7 Å². The van der Waals surface area contributed by atoms with E-state index in [0.717, 1.165) is 6.54 Å². The predicted octanol–water partition coefficient (Wildman–Crippen LogP) is 3.14. The summed E-state index contributed by atoms with van der Waals surface area (Å²) in [5.41, 5.74) is 3.12. The summed E-state index contributed by atoms with van der Waals surface area (Å²) < 4.78 is 0. The molecule has 0 bridgehead atoms. The molecule has 0 atom stereocenters. The second-order valence-corrected chi connectivity index (χ2v) is 7.41. The van der Waals surface area contributed by atoms with Crippen molar-refractivity contribution in [3.63, 3.8) is 0 Å². The first-order valence-electron chi connectivity index (χ1n) is 7.84. The first-order valence-corrected chi connectivity index (χ1v) is 8.72. The molecule has 2 aliphatic rings. The van der Waals surface area contributed by atoms with Crippen molar-refractivity contribution in [3.05, 3.63) is 29.3 Å². The van der Waals surface area contributed by atoms with Crippen LogP contribution in [0.1, 0.15) is 24.8 Å². The van der Waals surface area contributed by atoms with Gasteiger partial charge in [-0.2, -0.15) is 5.10 Å². The molecule has 0 saturated carbocycles. The van der Waals surface area contributed by atoms with E-state index in [1.54, 1.807) is 11.3 Å². The first-order chi connectivity index (χ1) is 10.3. The van der Waals surface area contributed by atoms with Crippen LogP contribution in [-0.4, -0.2) is 41.3 Å². The maximum absolute atomic E-state index is 4.27. The van der Waals surface area contributed by atoms with Crippen LogP contribution in [0.25, 0.3) is 10.6 Å². The Morgan fingerprint density at radius 3 is 2.91 bits per heavy atom. The van der Waals surface area contributed by atoms with Gasteiger partial charge in [0.1, 0.15) is 0 Å². The van der Waals surface area contributed by atoms with E-state index in [2.05, 4.69) is 37.9 Å². The highest BCUT2D eigenvalue weighted by Gasteiger charge is 2.38. The summed E-state index contributed by atoms with van der Waals surface area (Å²) in [6.07, 6.45) is 6.04. The molecule has 4 heterocycles. The second kappa shape index (κ2) is 6.71. The maximum Gasteiger partial charge on any atom is 0.0794 e.